The molecular weight excluding hydrogens is 319 g/mol. The largest absolute Gasteiger partial charge is 0.465 e. The fourth-order valence-corrected chi connectivity index (χ4v) is 3.09. The standard InChI is InChI=1S/C13H8Cl2N2O2S/c1-19-12(18)11-6-17-5-10(16-13(17)20-11)8-4-7(14)2-3-9(8)15/h2-6H,1H3. The molecule has 0 atom stereocenters. The van der Waals surface area contributed by atoms with Gasteiger partial charge >= 0.3 is 5.97 Å². The predicted octanol–water partition coefficient (Wildman–Crippen LogP) is 4.16. The van der Waals surface area contributed by atoms with Crippen molar-refractivity contribution >= 4 is 45.5 Å². The van der Waals surface area contributed by atoms with Crippen LogP contribution in [0.2, 0.25) is 10.0 Å². The van der Waals surface area contributed by atoms with E-state index in [2.05, 4.69) is 9.72 Å². The molecule has 0 aliphatic carbocycles. The Morgan fingerprint density at radius 3 is 2.85 bits per heavy atom. The van der Waals surface area contributed by atoms with E-state index in [9.17, 15) is 4.79 Å². The summed E-state index contributed by atoms with van der Waals surface area (Å²) in [6, 6.07) is 5.21. The third-order valence-corrected chi connectivity index (χ3v) is 4.29. The van der Waals surface area contributed by atoms with E-state index < -0.39 is 0 Å². The van der Waals surface area contributed by atoms with Gasteiger partial charge in [0.15, 0.2) is 4.96 Å². The Balaban J connectivity index is 2.08. The van der Waals surface area contributed by atoms with Crippen molar-refractivity contribution in [2.75, 3.05) is 7.11 Å². The molecule has 0 aliphatic rings. The fourth-order valence-electron chi connectivity index (χ4n) is 1.81. The maximum Gasteiger partial charge on any atom is 0.349 e. The lowest BCUT2D eigenvalue weighted by atomic mass is 10.2. The number of fused-ring (bicyclic) bond motifs is 1. The number of ether oxygens (including phenoxy) is 1. The lowest BCUT2D eigenvalue weighted by Gasteiger charge is -2.00. The van der Waals surface area contributed by atoms with Crippen molar-refractivity contribution in [2.45, 2.75) is 0 Å². The third kappa shape index (κ3) is 2.28. The maximum absolute atomic E-state index is 11.4. The van der Waals surface area contributed by atoms with E-state index in [-0.39, 0.29) is 5.97 Å². The van der Waals surface area contributed by atoms with Gasteiger partial charge in [-0.1, -0.05) is 34.5 Å². The van der Waals surface area contributed by atoms with Gasteiger partial charge in [-0.3, -0.25) is 4.40 Å². The summed E-state index contributed by atoms with van der Waals surface area (Å²) in [5.41, 5.74) is 1.47. The number of benzene rings is 1. The van der Waals surface area contributed by atoms with Gasteiger partial charge in [-0.15, -0.1) is 0 Å². The van der Waals surface area contributed by atoms with Gasteiger partial charge in [0.05, 0.1) is 17.8 Å². The van der Waals surface area contributed by atoms with Crippen LogP contribution in [0.3, 0.4) is 0 Å². The topological polar surface area (TPSA) is 43.6 Å². The number of halogens is 2. The van der Waals surface area contributed by atoms with Crippen LogP contribution in [0.5, 0.6) is 0 Å². The molecular formula is C13H8Cl2N2O2S. The monoisotopic (exact) mass is 326 g/mol. The van der Waals surface area contributed by atoms with Crippen molar-refractivity contribution in [3.8, 4) is 11.3 Å². The summed E-state index contributed by atoms with van der Waals surface area (Å²) in [6.45, 7) is 0. The van der Waals surface area contributed by atoms with E-state index >= 15 is 0 Å². The van der Waals surface area contributed by atoms with Gasteiger partial charge in [0.25, 0.3) is 0 Å². The molecule has 102 valence electrons. The quantitative estimate of drug-likeness (QED) is 0.664. The number of thiazole rings is 1. The van der Waals surface area contributed by atoms with Crippen molar-refractivity contribution in [3.05, 3.63) is 45.5 Å². The Hall–Kier alpha value is -1.56. The molecule has 0 spiro atoms. The van der Waals surface area contributed by atoms with Crippen molar-refractivity contribution in [1.82, 2.24) is 9.38 Å². The minimum absolute atomic E-state index is 0.372. The van der Waals surface area contributed by atoms with Crippen LogP contribution in [0, 0.1) is 0 Å². The average molecular weight is 327 g/mol. The van der Waals surface area contributed by atoms with Crippen LogP contribution in [0.15, 0.2) is 30.6 Å². The van der Waals surface area contributed by atoms with Crippen LogP contribution >= 0.6 is 34.5 Å². The number of carbonyl (C=O) groups excluding carboxylic acids is 1. The normalized spacial score (nSPS) is 10.9. The minimum Gasteiger partial charge on any atom is -0.465 e. The molecule has 0 radical (unpaired) electrons. The van der Waals surface area contributed by atoms with E-state index in [0.29, 0.717) is 25.6 Å². The molecule has 0 amide bonds. The first-order valence-electron chi connectivity index (χ1n) is 5.61. The van der Waals surface area contributed by atoms with E-state index in [1.54, 1.807) is 35.0 Å². The number of aromatic nitrogens is 2. The number of esters is 1. The zero-order chi connectivity index (χ0) is 14.3. The number of nitrogens with zero attached hydrogens (tertiary/aromatic N) is 2. The Kier molecular flexibility index (Phi) is 3.41. The lowest BCUT2D eigenvalue weighted by molar-refractivity contribution is 0.0606. The van der Waals surface area contributed by atoms with E-state index in [1.165, 1.54) is 18.4 Å². The van der Waals surface area contributed by atoms with Crippen LogP contribution in [0.4, 0.5) is 0 Å². The molecule has 0 N–H and O–H groups in total. The number of methoxy groups -OCH3 is 1. The first-order chi connectivity index (χ1) is 9.58. The molecule has 7 heteroatoms. The highest BCUT2D eigenvalue weighted by Gasteiger charge is 2.14. The summed E-state index contributed by atoms with van der Waals surface area (Å²) < 4.78 is 6.44. The molecule has 0 saturated carbocycles. The zero-order valence-corrected chi connectivity index (χ0v) is 12.6. The summed E-state index contributed by atoms with van der Waals surface area (Å²) in [5, 5.41) is 1.17. The molecule has 4 nitrogen and oxygen atoms in total. The van der Waals surface area contributed by atoms with Gasteiger partial charge in [0.2, 0.25) is 0 Å². The van der Waals surface area contributed by atoms with Crippen molar-refractivity contribution in [3.63, 3.8) is 0 Å². The number of hydrogen-bond donors (Lipinski definition) is 0. The Morgan fingerprint density at radius 1 is 1.35 bits per heavy atom. The average Bonchev–Trinajstić information content (AvgIpc) is 2.98. The molecule has 20 heavy (non-hydrogen) atoms. The second-order valence-electron chi connectivity index (χ2n) is 4.03. The van der Waals surface area contributed by atoms with Crippen LogP contribution in [-0.4, -0.2) is 22.5 Å². The van der Waals surface area contributed by atoms with Crippen molar-refractivity contribution in [2.24, 2.45) is 0 Å². The summed E-state index contributed by atoms with van der Waals surface area (Å²) in [4.78, 5) is 17.1. The molecule has 0 aliphatic heterocycles. The molecule has 2 aromatic heterocycles. The molecule has 2 heterocycles. The van der Waals surface area contributed by atoms with Gasteiger partial charge in [0.1, 0.15) is 4.88 Å². The highest BCUT2D eigenvalue weighted by atomic mass is 35.5. The smallest absolute Gasteiger partial charge is 0.349 e. The van der Waals surface area contributed by atoms with Crippen LogP contribution in [0.1, 0.15) is 9.67 Å². The highest BCUT2D eigenvalue weighted by Crippen LogP contribution is 2.31. The first kappa shape index (κ1) is 13.4. The second kappa shape index (κ2) is 5.09. The van der Waals surface area contributed by atoms with Gasteiger partial charge in [-0.25, -0.2) is 9.78 Å². The van der Waals surface area contributed by atoms with E-state index in [1.807, 2.05) is 0 Å². The summed E-state index contributed by atoms with van der Waals surface area (Å²) in [7, 11) is 1.35. The molecule has 0 unspecified atom stereocenters. The van der Waals surface area contributed by atoms with Gasteiger partial charge in [0, 0.05) is 23.0 Å². The zero-order valence-electron chi connectivity index (χ0n) is 10.3. The van der Waals surface area contributed by atoms with Crippen LogP contribution < -0.4 is 0 Å². The minimum atomic E-state index is -0.372. The number of rotatable bonds is 2. The molecule has 0 saturated heterocycles. The molecule has 0 fully saturated rings. The van der Waals surface area contributed by atoms with Crippen LogP contribution in [0.25, 0.3) is 16.2 Å². The molecule has 3 rings (SSSR count). The number of imidazole rings is 1. The molecule has 1 aromatic carbocycles. The van der Waals surface area contributed by atoms with Crippen molar-refractivity contribution in [1.29, 1.82) is 0 Å². The Labute approximate surface area is 128 Å². The second-order valence-corrected chi connectivity index (χ2v) is 5.88. The number of carbonyl (C=O) groups is 1. The van der Waals surface area contributed by atoms with Gasteiger partial charge in [-0.2, -0.15) is 0 Å². The maximum atomic E-state index is 11.4. The highest BCUT2D eigenvalue weighted by molar-refractivity contribution is 7.18. The Bertz CT molecular complexity index is 778. The van der Waals surface area contributed by atoms with Crippen molar-refractivity contribution < 1.29 is 9.53 Å². The molecule has 3 aromatic rings. The lowest BCUT2D eigenvalue weighted by Crippen LogP contribution is -1.97. The number of hydrogen-bond acceptors (Lipinski definition) is 4. The first-order valence-corrected chi connectivity index (χ1v) is 7.18. The third-order valence-electron chi connectivity index (χ3n) is 2.75. The summed E-state index contributed by atoms with van der Waals surface area (Å²) >= 11 is 13.4. The molecule has 0 bridgehead atoms. The SMILES string of the molecule is COC(=O)c1cn2cc(-c3cc(Cl)ccc3Cl)nc2s1. The van der Waals surface area contributed by atoms with Gasteiger partial charge < -0.3 is 4.74 Å². The van der Waals surface area contributed by atoms with Gasteiger partial charge in [-0.05, 0) is 18.2 Å². The summed E-state index contributed by atoms with van der Waals surface area (Å²) in [6.07, 6.45) is 3.48. The predicted molar refractivity (Wildman–Crippen MR) is 79.9 cm³/mol. The Morgan fingerprint density at radius 2 is 2.15 bits per heavy atom. The van der Waals surface area contributed by atoms with Crippen LogP contribution in [-0.2, 0) is 4.74 Å². The summed E-state index contributed by atoms with van der Waals surface area (Å²) in [5.74, 6) is -0.372. The fraction of sp³-hybridized carbons (Fsp3) is 0.0769. The van der Waals surface area contributed by atoms with E-state index in [0.717, 1.165) is 5.56 Å². The van der Waals surface area contributed by atoms with E-state index in [4.69, 9.17) is 23.2 Å².